The summed E-state index contributed by atoms with van der Waals surface area (Å²) in [5, 5.41) is 3.68. The summed E-state index contributed by atoms with van der Waals surface area (Å²) in [6, 6.07) is 25.7. The van der Waals surface area contributed by atoms with Crippen molar-refractivity contribution < 1.29 is 4.79 Å². The molecule has 0 atom stereocenters. The molecule has 0 saturated carbocycles. The van der Waals surface area contributed by atoms with Crippen LogP contribution in [0.25, 0.3) is 11.1 Å². The van der Waals surface area contributed by atoms with Crippen molar-refractivity contribution in [3.05, 3.63) is 101 Å². The number of fused-ring (bicyclic) bond motifs is 1. The molecule has 1 amide bonds. The smallest absolute Gasteiger partial charge is 0.256 e. The molecule has 1 heterocycles. The second kappa shape index (κ2) is 6.58. The molecule has 0 aromatic heterocycles. The van der Waals surface area contributed by atoms with Crippen LogP contribution in [0, 0.1) is 0 Å². The minimum Gasteiger partial charge on any atom is -0.321 e. The molecule has 122 valence electrons. The predicted octanol–water partition coefficient (Wildman–Crippen LogP) is 5.45. The van der Waals surface area contributed by atoms with Crippen molar-refractivity contribution in [2.45, 2.75) is 6.42 Å². The molecule has 0 radical (unpaired) electrons. The number of para-hydroxylation sites is 1. The highest BCUT2D eigenvalue weighted by molar-refractivity contribution is 6.37. The molecule has 1 N–H and O–H groups in total. The van der Waals surface area contributed by atoms with Gasteiger partial charge in [0.1, 0.15) is 0 Å². The first-order valence-electron chi connectivity index (χ1n) is 8.16. The first-order chi connectivity index (χ1) is 12.2. The van der Waals surface area contributed by atoms with E-state index in [9.17, 15) is 4.79 Å². The Bertz CT molecular complexity index is 959. The third-order valence-electron chi connectivity index (χ3n) is 4.39. The maximum Gasteiger partial charge on any atom is 0.256 e. The lowest BCUT2D eigenvalue weighted by atomic mass is 9.90. The summed E-state index contributed by atoms with van der Waals surface area (Å²) in [7, 11) is 0. The van der Waals surface area contributed by atoms with Gasteiger partial charge in [-0.25, -0.2) is 0 Å². The number of rotatable bonds is 3. The van der Waals surface area contributed by atoms with Crippen molar-refractivity contribution >= 4 is 34.3 Å². The number of allylic oxidation sites excluding steroid dienone is 1. The number of hydrogen-bond donors (Lipinski definition) is 1. The summed E-state index contributed by atoms with van der Waals surface area (Å²) in [6.07, 6.45) is 0.665. The van der Waals surface area contributed by atoms with Crippen molar-refractivity contribution in [2.75, 3.05) is 5.32 Å². The van der Waals surface area contributed by atoms with Crippen molar-refractivity contribution in [3.63, 3.8) is 0 Å². The SMILES string of the molecule is O=C1Nc2ccccc2/C1=C(/Cc1ccc(Cl)cc1)c1ccccc1. The molecule has 1 aliphatic heterocycles. The lowest BCUT2D eigenvalue weighted by Gasteiger charge is -2.12. The van der Waals surface area contributed by atoms with Gasteiger partial charge in [0.2, 0.25) is 0 Å². The number of halogens is 1. The summed E-state index contributed by atoms with van der Waals surface area (Å²) in [5.41, 5.74) is 5.77. The van der Waals surface area contributed by atoms with Crippen LogP contribution in [0.3, 0.4) is 0 Å². The molecule has 0 aliphatic carbocycles. The van der Waals surface area contributed by atoms with E-state index in [4.69, 9.17) is 11.6 Å². The molecule has 1 aliphatic rings. The first-order valence-corrected chi connectivity index (χ1v) is 8.54. The van der Waals surface area contributed by atoms with E-state index >= 15 is 0 Å². The van der Waals surface area contributed by atoms with Gasteiger partial charge in [0.15, 0.2) is 0 Å². The van der Waals surface area contributed by atoms with Crippen molar-refractivity contribution in [2.24, 2.45) is 0 Å². The maximum atomic E-state index is 12.7. The summed E-state index contributed by atoms with van der Waals surface area (Å²) in [5.74, 6) is -0.0472. The van der Waals surface area contributed by atoms with Gasteiger partial charge in [-0.15, -0.1) is 0 Å². The van der Waals surface area contributed by atoms with E-state index in [1.165, 1.54) is 0 Å². The molecular formula is C22H16ClNO. The van der Waals surface area contributed by atoms with E-state index < -0.39 is 0 Å². The van der Waals surface area contributed by atoms with E-state index in [1.54, 1.807) is 0 Å². The Hall–Kier alpha value is -2.84. The van der Waals surface area contributed by atoms with Gasteiger partial charge in [-0.1, -0.05) is 72.3 Å². The Morgan fingerprint density at radius 3 is 2.28 bits per heavy atom. The number of anilines is 1. The molecule has 25 heavy (non-hydrogen) atoms. The molecule has 0 saturated heterocycles. The maximum absolute atomic E-state index is 12.7. The number of amides is 1. The van der Waals surface area contributed by atoms with Gasteiger partial charge in [-0.2, -0.15) is 0 Å². The topological polar surface area (TPSA) is 29.1 Å². The van der Waals surface area contributed by atoms with Gasteiger partial charge >= 0.3 is 0 Å². The molecular weight excluding hydrogens is 330 g/mol. The molecule has 2 nitrogen and oxygen atoms in total. The number of carbonyl (C=O) groups excluding carboxylic acids is 1. The van der Waals surface area contributed by atoms with Crippen LogP contribution in [0.5, 0.6) is 0 Å². The predicted molar refractivity (Wildman–Crippen MR) is 103 cm³/mol. The fourth-order valence-electron chi connectivity index (χ4n) is 3.20. The lowest BCUT2D eigenvalue weighted by molar-refractivity contribution is -0.110. The van der Waals surface area contributed by atoms with Gasteiger partial charge in [0.25, 0.3) is 5.91 Å². The van der Waals surface area contributed by atoms with Crippen LogP contribution < -0.4 is 5.32 Å². The minimum absolute atomic E-state index is 0.0472. The van der Waals surface area contributed by atoms with Crippen molar-refractivity contribution in [3.8, 4) is 0 Å². The van der Waals surface area contributed by atoms with E-state index in [0.29, 0.717) is 11.4 Å². The summed E-state index contributed by atoms with van der Waals surface area (Å²) in [6.45, 7) is 0. The molecule has 4 rings (SSSR count). The van der Waals surface area contributed by atoms with E-state index in [1.807, 2.05) is 78.9 Å². The zero-order valence-corrected chi connectivity index (χ0v) is 14.3. The average molecular weight is 346 g/mol. The number of nitrogens with one attached hydrogen (secondary N) is 1. The largest absolute Gasteiger partial charge is 0.321 e. The normalized spacial score (nSPS) is 14.8. The highest BCUT2D eigenvalue weighted by atomic mass is 35.5. The van der Waals surface area contributed by atoms with Gasteiger partial charge in [0, 0.05) is 16.3 Å². The molecule has 0 unspecified atom stereocenters. The zero-order valence-electron chi connectivity index (χ0n) is 13.5. The van der Waals surface area contributed by atoms with Crippen LogP contribution in [0.4, 0.5) is 5.69 Å². The van der Waals surface area contributed by atoms with Gasteiger partial charge in [0.05, 0.1) is 5.57 Å². The van der Waals surface area contributed by atoms with Crippen molar-refractivity contribution in [1.82, 2.24) is 0 Å². The van der Waals surface area contributed by atoms with Crippen molar-refractivity contribution in [1.29, 1.82) is 0 Å². The van der Waals surface area contributed by atoms with Crippen LogP contribution in [0.2, 0.25) is 5.02 Å². The highest BCUT2D eigenvalue weighted by Crippen LogP contribution is 2.38. The molecule has 3 aromatic carbocycles. The quantitative estimate of drug-likeness (QED) is 0.629. The molecule has 0 fully saturated rings. The fourth-order valence-corrected chi connectivity index (χ4v) is 3.32. The Morgan fingerprint density at radius 2 is 1.52 bits per heavy atom. The van der Waals surface area contributed by atoms with Crippen LogP contribution in [-0.2, 0) is 11.2 Å². The Labute approximate surface area is 151 Å². The van der Waals surface area contributed by atoms with E-state index in [-0.39, 0.29) is 5.91 Å². The number of carbonyl (C=O) groups is 1. The van der Waals surface area contributed by atoms with Crippen LogP contribution in [0.15, 0.2) is 78.9 Å². The number of hydrogen-bond acceptors (Lipinski definition) is 1. The van der Waals surface area contributed by atoms with E-state index in [2.05, 4.69) is 5.32 Å². The Morgan fingerprint density at radius 1 is 0.840 bits per heavy atom. The summed E-state index contributed by atoms with van der Waals surface area (Å²) < 4.78 is 0. The highest BCUT2D eigenvalue weighted by Gasteiger charge is 2.27. The summed E-state index contributed by atoms with van der Waals surface area (Å²) >= 11 is 6.01. The second-order valence-electron chi connectivity index (χ2n) is 6.02. The molecule has 0 spiro atoms. The van der Waals surface area contributed by atoms with Crippen LogP contribution in [0.1, 0.15) is 16.7 Å². The fraction of sp³-hybridized carbons (Fsp3) is 0.0455. The minimum atomic E-state index is -0.0472. The van der Waals surface area contributed by atoms with Gasteiger partial charge in [-0.05, 0) is 41.3 Å². The molecule has 3 aromatic rings. The lowest BCUT2D eigenvalue weighted by Crippen LogP contribution is -2.07. The molecule has 3 heteroatoms. The standard InChI is InChI=1S/C22H16ClNO/c23-17-12-10-15(11-13-17)14-19(16-6-2-1-3-7-16)21-18-8-4-5-9-20(18)24-22(21)25/h1-13H,14H2,(H,24,25)/b21-19+. The second-order valence-corrected chi connectivity index (χ2v) is 6.46. The Balaban J connectivity index is 1.89. The third kappa shape index (κ3) is 3.09. The van der Waals surface area contributed by atoms with Gasteiger partial charge in [-0.3, -0.25) is 4.79 Å². The summed E-state index contributed by atoms with van der Waals surface area (Å²) in [4.78, 5) is 12.7. The Kier molecular flexibility index (Phi) is 4.12. The monoisotopic (exact) mass is 345 g/mol. The van der Waals surface area contributed by atoms with Gasteiger partial charge < -0.3 is 5.32 Å². The zero-order chi connectivity index (χ0) is 17.2. The third-order valence-corrected chi connectivity index (χ3v) is 4.64. The van der Waals surface area contributed by atoms with Crippen LogP contribution in [-0.4, -0.2) is 5.91 Å². The molecule has 0 bridgehead atoms. The first kappa shape index (κ1) is 15.7. The number of benzene rings is 3. The van der Waals surface area contributed by atoms with Crippen LogP contribution >= 0.6 is 11.6 Å². The van der Waals surface area contributed by atoms with E-state index in [0.717, 1.165) is 33.5 Å². The average Bonchev–Trinajstić information content (AvgIpc) is 2.98.